The van der Waals surface area contributed by atoms with Crippen molar-refractivity contribution in [2.75, 3.05) is 0 Å². The molecular weight excluding hydrogens is 228 g/mol. The maximum Gasteiger partial charge on any atom is 0.123 e. The Morgan fingerprint density at radius 2 is 2.23 bits per heavy atom. The SMILES string of the molecule is Cc1cc(C=CCC=O)ccc1Br. The van der Waals surface area contributed by atoms with E-state index in [-0.39, 0.29) is 0 Å². The Labute approximate surface area is 86.6 Å². The number of carbonyl (C=O) groups excluding carboxylic acids is 1. The summed E-state index contributed by atoms with van der Waals surface area (Å²) in [6, 6.07) is 6.10. The van der Waals surface area contributed by atoms with E-state index in [1.807, 2.05) is 31.2 Å². The zero-order valence-electron chi connectivity index (χ0n) is 7.46. The van der Waals surface area contributed by atoms with Crippen molar-refractivity contribution >= 4 is 28.3 Å². The Hall–Kier alpha value is -0.890. The van der Waals surface area contributed by atoms with Gasteiger partial charge in [0.05, 0.1) is 0 Å². The number of aryl methyl sites for hydroxylation is 1. The highest BCUT2D eigenvalue weighted by Crippen LogP contribution is 2.17. The Morgan fingerprint density at radius 1 is 1.46 bits per heavy atom. The van der Waals surface area contributed by atoms with Crippen molar-refractivity contribution in [2.24, 2.45) is 0 Å². The predicted octanol–water partition coefficient (Wildman–Crippen LogP) is 3.36. The lowest BCUT2D eigenvalue weighted by molar-refractivity contribution is -0.107. The molecule has 0 fully saturated rings. The zero-order chi connectivity index (χ0) is 9.68. The van der Waals surface area contributed by atoms with E-state index in [1.165, 1.54) is 5.56 Å². The quantitative estimate of drug-likeness (QED) is 0.739. The molecule has 0 radical (unpaired) electrons. The Kier molecular flexibility index (Phi) is 3.90. The van der Waals surface area contributed by atoms with Gasteiger partial charge < -0.3 is 4.79 Å². The Bertz CT molecular complexity index is 329. The number of hydrogen-bond donors (Lipinski definition) is 0. The van der Waals surface area contributed by atoms with Crippen molar-refractivity contribution in [3.63, 3.8) is 0 Å². The van der Waals surface area contributed by atoms with Crippen LogP contribution in [0.2, 0.25) is 0 Å². The monoisotopic (exact) mass is 238 g/mol. The molecule has 0 aromatic heterocycles. The fourth-order valence-electron chi connectivity index (χ4n) is 1.03. The summed E-state index contributed by atoms with van der Waals surface area (Å²) in [7, 11) is 0. The highest BCUT2D eigenvalue weighted by atomic mass is 79.9. The number of hydrogen-bond acceptors (Lipinski definition) is 1. The van der Waals surface area contributed by atoms with Crippen LogP contribution in [-0.2, 0) is 4.79 Å². The summed E-state index contributed by atoms with van der Waals surface area (Å²) in [5, 5.41) is 0. The van der Waals surface area contributed by atoms with Crippen LogP contribution < -0.4 is 0 Å². The summed E-state index contributed by atoms with van der Waals surface area (Å²) >= 11 is 3.43. The van der Waals surface area contributed by atoms with Crippen molar-refractivity contribution in [3.05, 3.63) is 39.9 Å². The van der Waals surface area contributed by atoms with E-state index < -0.39 is 0 Å². The second kappa shape index (κ2) is 4.97. The van der Waals surface area contributed by atoms with Crippen LogP contribution in [-0.4, -0.2) is 6.29 Å². The van der Waals surface area contributed by atoms with Crippen LogP contribution in [0.25, 0.3) is 6.08 Å². The number of aldehydes is 1. The minimum Gasteiger partial charge on any atom is -0.303 e. The molecule has 1 aromatic rings. The molecule has 0 heterocycles. The summed E-state index contributed by atoms with van der Waals surface area (Å²) in [5.41, 5.74) is 2.33. The third-order valence-electron chi connectivity index (χ3n) is 1.72. The maximum absolute atomic E-state index is 10.1. The molecule has 1 aromatic carbocycles. The van der Waals surface area contributed by atoms with Gasteiger partial charge in [0.15, 0.2) is 0 Å². The minimum absolute atomic E-state index is 0.481. The highest BCUT2D eigenvalue weighted by Gasteiger charge is 1.93. The lowest BCUT2D eigenvalue weighted by Crippen LogP contribution is -1.78. The van der Waals surface area contributed by atoms with Gasteiger partial charge in [-0.25, -0.2) is 0 Å². The molecule has 0 amide bonds. The van der Waals surface area contributed by atoms with Crippen molar-refractivity contribution in [2.45, 2.75) is 13.3 Å². The van der Waals surface area contributed by atoms with E-state index in [9.17, 15) is 4.79 Å². The molecule has 0 atom stereocenters. The van der Waals surface area contributed by atoms with Crippen LogP contribution in [0.3, 0.4) is 0 Å². The topological polar surface area (TPSA) is 17.1 Å². The molecule has 2 heteroatoms. The second-order valence-electron chi connectivity index (χ2n) is 2.81. The molecule has 0 saturated heterocycles. The molecule has 0 spiro atoms. The van der Waals surface area contributed by atoms with Gasteiger partial charge in [0.25, 0.3) is 0 Å². The first-order valence-electron chi connectivity index (χ1n) is 4.10. The molecular formula is C11H11BrO. The smallest absolute Gasteiger partial charge is 0.123 e. The minimum atomic E-state index is 0.481. The van der Waals surface area contributed by atoms with E-state index in [1.54, 1.807) is 0 Å². The van der Waals surface area contributed by atoms with Crippen molar-refractivity contribution < 1.29 is 4.79 Å². The average molecular weight is 239 g/mol. The van der Waals surface area contributed by atoms with Crippen LogP contribution in [0.15, 0.2) is 28.7 Å². The average Bonchev–Trinajstić information content (AvgIpc) is 2.12. The third kappa shape index (κ3) is 3.15. The number of halogens is 1. The molecule has 1 rings (SSSR count). The zero-order valence-corrected chi connectivity index (χ0v) is 9.04. The molecule has 1 nitrogen and oxygen atoms in total. The fourth-order valence-corrected chi connectivity index (χ4v) is 1.28. The number of carbonyl (C=O) groups is 1. The summed E-state index contributed by atoms with van der Waals surface area (Å²) in [6.45, 7) is 2.04. The Morgan fingerprint density at radius 3 is 2.85 bits per heavy atom. The van der Waals surface area contributed by atoms with Gasteiger partial charge in [-0.15, -0.1) is 0 Å². The molecule has 0 aliphatic heterocycles. The van der Waals surface area contributed by atoms with E-state index in [0.717, 1.165) is 16.3 Å². The number of benzene rings is 1. The predicted molar refractivity (Wildman–Crippen MR) is 58.6 cm³/mol. The molecule has 68 valence electrons. The maximum atomic E-state index is 10.1. The molecule has 0 saturated carbocycles. The summed E-state index contributed by atoms with van der Waals surface area (Å²) in [4.78, 5) is 10.1. The third-order valence-corrected chi connectivity index (χ3v) is 2.61. The molecule has 0 aliphatic rings. The highest BCUT2D eigenvalue weighted by molar-refractivity contribution is 9.10. The summed E-state index contributed by atoms with van der Waals surface area (Å²) in [5.74, 6) is 0. The second-order valence-corrected chi connectivity index (χ2v) is 3.67. The van der Waals surface area contributed by atoms with Crippen LogP contribution in [0.5, 0.6) is 0 Å². The van der Waals surface area contributed by atoms with Gasteiger partial charge in [-0.3, -0.25) is 0 Å². The van der Waals surface area contributed by atoms with Gasteiger partial charge in [-0.2, -0.15) is 0 Å². The normalized spacial score (nSPS) is 10.6. The lowest BCUT2D eigenvalue weighted by atomic mass is 10.1. The molecule has 13 heavy (non-hydrogen) atoms. The van der Waals surface area contributed by atoms with Crippen molar-refractivity contribution in [1.82, 2.24) is 0 Å². The molecule has 0 unspecified atom stereocenters. The largest absolute Gasteiger partial charge is 0.303 e. The van der Waals surface area contributed by atoms with Crippen LogP contribution >= 0.6 is 15.9 Å². The Balaban J connectivity index is 2.79. The van der Waals surface area contributed by atoms with E-state index in [4.69, 9.17) is 0 Å². The molecule has 0 aliphatic carbocycles. The first-order chi connectivity index (χ1) is 6.24. The van der Waals surface area contributed by atoms with Crippen LogP contribution in [0.1, 0.15) is 17.5 Å². The number of rotatable bonds is 3. The van der Waals surface area contributed by atoms with Crippen LogP contribution in [0, 0.1) is 6.92 Å². The number of allylic oxidation sites excluding steroid dienone is 1. The van der Waals surface area contributed by atoms with Gasteiger partial charge in [0.2, 0.25) is 0 Å². The van der Waals surface area contributed by atoms with E-state index in [2.05, 4.69) is 22.0 Å². The fraction of sp³-hybridized carbons (Fsp3) is 0.182. The standard InChI is InChI=1S/C11H11BrO/c1-9-8-10(4-2-3-7-13)5-6-11(9)12/h2,4-8H,3H2,1H3. The summed E-state index contributed by atoms with van der Waals surface area (Å²) < 4.78 is 1.11. The van der Waals surface area contributed by atoms with Gasteiger partial charge >= 0.3 is 0 Å². The van der Waals surface area contributed by atoms with Gasteiger partial charge in [-0.1, -0.05) is 40.2 Å². The van der Waals surface area contributed by atoms with Gasteiger partial charge in [0, 0.05) is 10.9 Å². The van der Waals surface area contributed by atoms with Crippen LogP contribution in [0.4, 0.5) is 0 Å². The van der Waals surface area contributed by atoms with E-state index >= 15 is 0 Å². The van der Waals surface area contributed by atoms with E-state index in [0.29, 0.717) is 6.42 Å². The molecule has 0 N–H and O–H groups in total. The van der Waals surface area contributed by atoms with Crippen molar-refractivity contribution in [1.29, 1.82) is 0 Å². The lowest BCUT2D eigenvalue weighted by Gasteiger charge is -1.98. The van der Waals surface area contributed by atoms with Crippen molar-refractivity contribution in [3.8, 4) is 0 Å². The first-order valence-corrected chi connectivity index (χ1v) is 4.89. The molecule has 0 bridgehead atoms. The summed E-state index contributed by atoms with van der Waals surface area (Å²) in [6.07, 6.45) is 5.18. The first kappa shape index (κ1) is 10.2. The van der Waals surface area contributed by atoms with Gasteiger partial charge in [0.1, 0.15) is 6.29 Å². The van der Waals surface area contributed by atoms with Gasteiger partial charge in [-0.05, 0) is 24.1 Å².